The number of carboxylic acid groups (broad SMARTS) is 1. The Bertz CT molecular complexity index is 416. The molecule has 1 aromatic heterocycles. The molecule has 0 amide bonds. The summed E-state index contributed by atoms with van der Waals surface area (Å²) < 4.78 is 13.5. The first-order valence-electron chi connectivity index (χ1n) is 3.49. The van der Waals surface area contributed by atoms with Crippen LogP contribution in [0, 0.1) is 17.1 Å². The molecule has 0 aliphatic carbocycles. The van der Waals surface area contributed by atoms with E-state index in [9.17, 15) is 9.18 Å². The zero-order chi connectivity index (χ0) is 10.7. The van der Waals surface area contributed by atoms with Gasteiger partial charge in [0.25, 0.3) is 0 Å². The van der Waals surface area contributed by atoms with Gasteiger partial charge in [-0.2, -0.15) is 5.26 Å². The summed E-state index contributed by atoms with van der Waals surface area (Å²) in [6.45, 7) is 0. The summed E-state index contributed by atoms with van der Waals surface area (Å²) in [6, 6.07) is 2.53. The molecular formula is C8H4BrFN2O2. The Hall–Kier alpha value is -1.48. The molecule has 4 nitrogen and oxygen atoms in total. The quantitative estimate of drug-likeness (QED) is 0.876. The minimum atomic E-state index is -1.57. The Morgan fingerprint density at radius 3 is 2.86 bits per heavy atom. The van der Waals surface area contributed by atoms with E-state index in [-0.39, 0.29) is 5.69 Å². The summed E-state index contributed by atoms with van der Waals surface area (Å²) in [5.41, 5.74) is -0.372. The van der Waals surface area contributed by atoms with Gasteiger partial charge in [0.2, 0.25) is 0 Å². The molecule has 1 heterocycles. The highest BCUT2D eigenvalue weighted by Crippen LogP contribution is 2.19. The lowest BCUT2D eigenvalue weighted by atomic mass is 10.1. The zero-order valence-electron chi connectivity index (χ0n) is 6.74. The number of carboxylic acids is 1. The number of hydrogen-bond donors (Lipinski definition) is 1. The maximum Gasteiger partial charge on any atom is 0.327 e. The van der Waals surface area contributed by atoms with Crippen LogP contribution in [0.25, 0.3) is 0 Å². The van der Waals surface area contributed by atoms with E-state index in [4.69, 9.17) is 10.4 Å². The zero-order valence-corrected chi connectivity index (χ0v) is 8.32. The SMILES string of the molecule is N#CC(C(=O)O)c1ncc(Br)cc1F. The first-order chi connectivity index (χ1) is 6.56. The molecule has 0 bridgehead atoms. The molecule has 6 heteroatoms. The van der Waals surface area contributed by atoms with E-state index in [1.54, 1.807) is 0 Å². The van der Waals surface area contributed by atoms with Crippen LogP contribution in [-0.2, 0) is 4.79 Å². The Morgan fingerprint density at radius 2 is 2.43 bits per heavy atom. The molecule has 1 rings (SSSR count). The summed E-state index contributed by atoms with van der Waals surface area (Å²) in [5, 5.41) is 17.1. The van der Waals surface area contributed by atoms with E-state index < -0.39 is 17.7 Å². The minimum absolute atomic E-state index is 0.372. The van der Waals surface area contributed by atoms with E-state index in [2.05, 4.69) is 20.9 Å². The van der Waals surface area contributed by atoms with Crippen molar-refractivity contribution >= 4 is 21.9 Å². The number of pyridine rings is 1. The minimum Gasteiger partial charge on any atom is -0.480 e. The molecule has 0 radical (unpaired) electrons. The molecule has 0 spiro atoms. The van der Waals surface area contributed by atoms with Crippen LogP contribution in [0.5, 0.6) is 0 Å². The second kappa shape index (κ2) is 4.15. The lowest BCUT2D eigenvalue weighted by molar-refractivity contribution is -0.137. The van der Waals surface area contributed by atoms with Gasteiger partial charge >= 0.3 is 5.97 Å². The van der Waals surface area contributed by atoms with Crippen molar-refractivity contribution in [2.75, 3.05) is 0 Å². The molecular weight excluding hydrogens is 255 g/mol. The Kier molecular flexibility index (Phi) is 3.14. The highest BCUT2D eigenvalue weighted by atomic mass is 79.9. The van der Waals surface area contributed by atoms with Gasteiger partial charge < -0.3 is 5.11 Å². The topological polar surface area (TPSA) is 74.0 Å². The van der Waals surface area contributed by atoms with Gasteiger partial charge in [-0.1, -0.05) is 0 Å². The van der Waals surface area contributed by atoms with Gasteiger partial charge in [0.15, 0.2) is 5.92 Å². The standard InChI is InChI=1S/C8H4BrFN2O2/c9-4-1-6(10)7(12-3-4)5(2-11)8(13)14/h1,3,5H,(H,13,14). The third kappa shape index (κ3) is 2.06. The molecule has 1 atom stereocenters. The fraction of sp³-hybridized carbons (Fsp3) is 0.125. The van der Waals surface area contributed by atoms with Crippen molar-refractivity contribution in [2.24, 2.45) is 0 Å². The van der Waals surface area contributed by atoms with E-state index >= 15 is 0 Å². The average Bonchev–Trinajstić information content (AvgIpc) is 2.09. The van der Waals surface area contributed by atoms with E-state index in [1.165, 1.54) is 12.3 Å². The molecule has 1 unspecified atom stereocenters. The van der Waals surface area contributed by atoms with E-state index in [1.807, 2.05) is 0 Å². The maximum absolute atomic E-state index is 13.1. The van der Waals surface area contributed by atoms with Gasteiger partial charge in [-0.05, 0) is 22.0 Å². The number of aromatic nitrogens is 1. The summed E-state index contributed by atoms with van der Waals surface area (Å²) in [4.78, 5) is 14.1. The molecule has 0 saturated carbocycles. The summed E-state index contributed by atoms with van der Waals surface area (Å²) >= 11 is 2.97. The molecule has 0 fully saturated rings. The molecule has 1 N–H and O–H groups in total. The smallest absolute Gasteiger partial charge is 0.327 e. The first kappa shape index (κ1) is 10.6. The molecule has 1 aromatic rings. The van der Waals surface area contributed by atoms with Crippen molar-refractivity contribution < 1.29 is 14.3 Å². The summed E-state index contributed by atoms with van der Waals surface area (Å²) in [6.07, 6.45) is 1.24. The number of halogens is 2. The number of rotatable bonds is 2. The number of carbonyl (C=O) groups is 1. The molecule has 0 aromatic carbocycles. The van der Waals surface area contributed by atoms with Gasteiger partial charge in [0.1, 0.15) is 11.5 Å². The number of aliphatic carboxylic acids is 1. The number of hydrogen-bond acceptors (Lipinski definition) is 3. The third-order valence-corrected chi connectivity index (χ3v) is 1.92. The van der Waals surface area contributed by atoms with Crippen molar-refractivity contribution in [2.45, 2.75) is 5.92 Å². The van der Waals surface area contributed by atoms with Crippen LogP contribution < -0.4 is 0 Å². The fourth-order valence-corrected chi connectivity index (χ4v) is 1.17. The molecule has 0 aliphatic rings. The largest absolute Gasteiger partial charge is 0.480 e. The van der Waals surface area contributed by atoms with Crippen molar-refractivity contribution in [1.29, 1.82) is 5.26 Å². The second-order valence-corrected chi connectivity index (χ2v) is 3.34. The highest BCUT2D eigenvalue weighted by Gasteiger charge is 2.24. The summed E-state index contributed by atoms with van der Waals surface area (Å²) in [7, 11) is 0. The van der Waals surface area contributed by atoms with Crippen LogP contribution in [0.15, 0.2) is 16.7 Å². The molecule has 0 aliphatic heterocycles. The Balaban J connectivity index is 3.19. The molecule has 0 saturated heterocycles. The fourth-order valence-electron chi connectivity index (χ4n) is 0.871. The lowest BCUT2D eigenvalue weighted by Crippen LogP contribution is -2.12. The van der Waals surface area contributed by atoms with Crippen LogP contribution in [0.1, 0.15) is 11.6 Å². The van der Waals surface area contributed by atoms with Gasteiger partial charge in [0.05, 0.1) is 6.07 Å². The van der Waals surface area contributed by atoms with Gasteiger partial charge in [-0.25, -0.2) is 4.39 Å². The lowest BCUT2D eigenvalue weighted by Gasteiger charge is -2.04. The van der Waals surface area contributed by atoms with Crippen LogP contribution in [0.2, 0.25) is 0 Å². The van der Waals surface area contributed by atoms with Crippen molar-refractivity contribution in [1.82, 2.24) is 4.98 Å². The van der Waals surface area contributed by atoms with Crippen molar-refractivity contribution in [3.8, 4) is 6.07 Å². The first-order valence-corrected chi connectivity index (χ1v) is 4.29. The van der Waals surface area contributed by atoms with Gasteiger partial charge in [-0.15, -0.1) is 0 Å². The average molecular weight is 259 g/mol. The van der Waals surface area contributed by atoms with E-state index in [0.717, 1.165) is 6.07 Å². The van der Waals surface area contributed by atoms with Crippen molar-refractivity contribution in [3.05, 3.63) is 28.2 Å². The highest BCUT2D eigenvalue weighted by molar-refractivity contribution is 9.10. The number of nitriles is 1. The predicted molar refractivity (Wildman–Crippen MR) is 47.9 cm³/mol. The maximum atomic E-state index is 13.1. The third-order valence-electron chi connectivity index (χ3n) is 1.49. The second-order valence-electron chi connectivity index (χ2n) is 2.42. The van der Waals surface area contributed by atoms with Crippen LogP contribution >= 0.6 is 15.9 Å². The predicted octanol–water partition coefficient (Wildman–Crippen LogP) is 1.67. The van der Waals surface area contributed by atoms with Gasteiger partial charge in [0, 0.05) is 10.7 Å². The van der Waals surface area contributed by atoms with E-state index in [0.29, 0.717) is 4.47 Å². The molecule has 72 valence electrons. The Labute approximate surface area is 87.1 Å². The molecule has 14 heavy (non-hydrogen) atoms. The monoisotopic (exact) mass is 258 g/mol. The van der Waals surface area contributed by atoms with Crippen LogP contribution in [0.3, 0.4) is 0 Å². The normalized spacial score (nSPS) is 11.8. The number of nitrogens with zero attached hydrogens (tertiary/aromatic N) is 2. The Morgan fingerprint density at radius 1 is 1.79 bits per heavy atom. The van der Waals surface area contributed by atoms with Crippen LogP contribution in [-0.4, -0.2) is 16.1 Å². The van der Waals surface area contributed by atoms with Crippen molar-refractivity contribution in [3.63, 3.8) is 0 Å². The van der Waals surface area contributed by atoms with Crippen LogP contribution in [0.4, 0.5) is 4.39 Å². The summed E-state index contributed by atoms with van der Waals surface area (Å²) in [5.74, 6) is -3.79. The van der Waals surface area contributed by atoms with Gasteiger partial charge in [-0.3, -0.25) is 9.78 Å².